The van der Waals surface area contributed by atoms with Crippen LogP contribution in [-0.4, -0.2) is 11.0 Å². The van der Waals surface area contributed by atoms with Crippen molar-refractivity contribution in [2.75, 3.05) is 0 Å². The number of hydrogen-bond donors (Lipinski definition) is 3. The number of rotatable bonds is 2. The molecule has 1 heterocycles. The molecule has 1 rings (SSSR count). The Kier molecular flexibility index (Phi) is 2.82. The molecule has 0 saturated carbocycles. The molecule has 1 aromatic rings. The van der Waals surface area contributed by atoms with Gasteiger partial charge in [-0.1, -0.05) is 0 Å². The van der Waals surface area contributed by atoms with Crippen LogP contribution in [0.3, 0.4) is 0 Å². The van der Waals surface area contributed by atoms with Crippen molar-refractivity contribution in [3.05, 3.63) is 16.6 Å². The lowest BCUT2D eigenvalue weighted by molar-refractivity contribution is 0.241. The summed E-state index contributed by atoms with van der Waals surface area (Å²) in [6.07, 6.45) is 1.70. The van der Waals surface area contributed by atoms with Crippen LogP contribution in [0.4, 0.5) is 4.79 Å². The Bertz CT molecular complexity index is 222. The SMILES string of the molecule is NNC(=O)NCc1cncs1. The number of hydrogen-bond acceptors (Lipinski definition) is 4. The number of carbonyl (C=O) groups excluding carboxylic acids is 1. The van der Waals surface area contributed by atoms with Crippen LogP contribution in [0.2, 0.25) is 0 Å². The Morgan fingerprint density at radius 2 is 2.64 bits per heavy atom. The second kappa shape index (κ2) is 3.89. The number of thiazole rings is 1. The zero-order chi connectivity index (χ0) is 8.10. The summed E-state index contributed by atoms with van der Waals surface area (Å²) in [6, 6.07) is -0.390. The molecular formula is C5H8N4OS. The average Bonchev–Trinajstić information content (AvgIpc) is 2.52. The molecule has 0 radical (unpaired) electrons. The van der Waals surface area contributed by atoms with Gasteiger partial charge in [-0.15, -0.1) is 11.3 Å². The van der Waals surface area contributed by atoms with E-state index in [1.807, 2.05) is 5.43 Å². The van der Waals surface area contributed by atoms with E-state index in [1.54, 1.807) is 11.7 Å². The molecule has 0 unspecified atom stereocenters. The van der Waals surface area contributed by atoms with Gasteiger partial charge in [-0.2, -0.15) is 0 Å². The third-order valence-corrected chi connectivity index (χ3v) is 1.82. The van der Waals surface area contributed by atoms with Crippen molar-refractivity contribution in [2.45, 2.75) is 6.54 Å². The van der Waals surface area contributed by atoms with E-state index in [2.05, 4.69) is 10.3 Å². The van der Waals surface area contributed by atoms with Gasteiger partial charge in [-0.3, -0.25) is 10.4 Å². The van der Waals surface area contributed by atoms with Crippen LogP contribution in [0.25, 0.3) is 0 Å². The van der Waals surface area contributed by atoms with Crippen LogP contribution in [0.5, 0.6) is 0 Å². The Labute approximate surface area is 67.6 Å². The van der Waals surface area contributed by atoms with Crippen molar-refractivity contribution in [2.24, 2.45) is 5.84 Å². The number of nitrogens with zero attached hydrogens (tertiary/aromatic N) is 1. The maximum absolute atomic E-state index is 10.5. The lowest BCUT2D eigenvalue weighted by atomic mass is 10.5. The highest BCUT2D eigenvalue weighted by Crippen LogP contribution is 2.03. The second-order valence-electron chi connectivity index (χ2n) is 1.79. The average molecular weight is 172 g/mol. The van der Waals surface area contributed by atoms with Crippen LogP contribution in [0.1, 0.15) is 4.88 Å². The molecule has 0 fully saturated rings. The first-order chi connectivity index (χ1) is 5.33. The van der Waals surface area contributed by atoms with Gasteiger partial charge in [-0.25, -0.2) is 10.6 Å². The van der Waals surface area contributed by atoms with Crippen LogP contribution in [0, 0.1) is 0 Å². The van der Waals surface area contributed by atoms with Gasteiger partial charge >= 0.3 is 6.03 Å². The minimum atomic E-state index is -0.390. The fourth-order valence-corrected chi connectivity index (χ4v) is 1.08. The molecule has 0 atom stereocenters. The van der Waals surface area contributed by atoms with Crippen molar-refractivity contribution in [1.82, 2.24) is 15.7 Å². The van der Waals surface area contributed by atoms with E-state index < -0.39 is 6.03 Å². The number of nitrogens with one attached hydrogen (secondary N) is 2. The Balaban J connectivity index is 2.29. The van der Waals surface area contributed by atoms with Gasteiger partial charge in [0.1, 0.15) is 0 Å². The summed E-state index contributed by atoms with van der Waals surface area (Å²) in [5.74, 6) is 4.84. The topological polar surface area (TPSA) is 80.0 Å². The van der Waals surface area contributed by atoms with Gasteiger partial charge in [0, 0.05) is 11.1 Å². The van der Waals surface area contributed by atoms with Gasteiger partial charge in [0.2, 0.25) is 0 Å². The summed E-state index contributed by atoms with van der Waals surface area (Å²) in [4.78, 5) is 15.4. The molecule has 0 aliphatic rings. The molecule has 5 nitrogen and oxygen atoms in total. The van der Waals surface area contributed by atoms with Crippen molar-refractivity contribution < 1.29 is 4.79 Å². The predicted molar refractivity (Wildman–Crippen MR) is 41.7 cm³/mol. The first-order valence-corrected chi connectivity index (χ1v) is 3.82. The van der Waals surface area contributed by atoms with E-state index in [0.717, 1.165) is 4.88 Å². The van der Waals surface area contributed by atoms with Gasteiger partial charge < -0.3 is 5.32 Å². The summed E-state index contributed by atoms with van der Waals surface area (Å²) >= 11 is 1.48. The molecule has 0 aromatic carbocycles. The number of urea groups is 1. The molecule has 4 N–H and O–H groups in total. The smallest absolute Gasteiger partial charge is 0.329 e. The van der Waals surface area contributed by atoms with Crippen molar-refractivity contribution in [1.29, 1.82) is 0 Å². The normalized spacial score (nSPS) is 9.18. The first kappa shape index (κ1) is 7.96. The molecule has 0 saturated heterocycles. The van der Waals surface area contributed by atoms with E-state index in [0.29, 0.717) is 6.54 Å². The van der Waals surface area contributed by atoms with Crippen LogP contribution >= 0.6 is 11.3 Å². The van der Waals surface area contributed by atoms with Crippen LogP contribution < -0.4 is 16.6 Å². The van der Waals surface area contributed by atoms with E-state index in [1.165, 1.54) is 11.3 Å². The van der Waals surface area contributed by atoms with E-state index in [-0.39, 0.29) is 0 Å². The highest BCUT2D eigenvalue weighted by Gasteiger charge is 1.97. The summed E-state index contributed by atoms with van der Waals surface area (Å²) in [6.45, 7) is 0.466. The summed E-state index contributed by atoms with van der Waals surface area (Å²) in [5.41, 5.74) is 3.67. The number of amides is 2. The minimum absolute atomic E-state index is 0.390. The highest BCUT2D eigenvalue weighted by atomic mass is 32.1. The lowest BCUT2D eigenvalue weighted by Gasteiger charge is -1.99. The number of aromatic nitrogens is 1. The third kappa shape index (κ3) is 2.52. The zero-order valence-electron chi connectivity index (χ0n) is 5.70. The van der Waals surface area contributed by atoms with Gasteiger partial charge in [-0.05, 0) is 0 Å². The molecule has 2 amide bonds. The first-order valence-electron chi connectivity index (χ1n) is 2.94. The highest BCUT2D eigenvalue weighted by molar-refractivity contribution is 7.09. The lowest BCUT2D eigenvalue weighted by Crippen LogP contribution is -2.39. The third-order valence-electron chi connectivity index (χ3n) is 1.04. The number of carbonyl (C=O) groups is 1. The monoisotopic (exact) mass is 172 g/mol. The fraction of sp³-hybridized carbons (Fsp3) is 0.200. The van der Waals surface area contributed by atoms with Gasteiger partial charge in [0.05, 0.1) is 12.1 Å². The Morgan fingerprint density at radius 3 is 3.18 bits per heavy atom. The maximum atomic E-state index is 10.5. The fourth-order valence-electron chi connectivity index (χ4n) is 0.548. The van der Waals surface area contributed by atoms with Crippen molar-refractivity contribution in [3.8, 4) is 0 Å². The molecule has 60 valence electrons. The standard InChI is InChI=1S/C5H8N4OS/c6-9-5(10)8-2-4-1-7-3-11-4/h1,3H,2,6H2,(H2,8,9,10). The summed E-state index contributed by atoms with van der Waals surface area (Å²) in [5, 5.41) is 2.53. The Morgan fingerprint density at radius 1 is 1.82 bits per heavy atom. The van der Waals surface area contributed by atoms with Crippen molar-refractivity contribution >= 4 is 17.4 Å². The minimum Gasteiger partial charge on any atom is -0.332 e. The number of nitrogens with two attached hydrogens (primary N) is 1. The van der Waals surface area contributed by atoms with E-state index in [9.17, 15) is 4.79 Å². The molecule has 1 aromatic heterocycles. The number of hydrazine groups is 1. The molecular weight excluding hydrogens is 164 g/mol. The van der Waals surface area contributed by atoms with Crippen molar-refractivity contribution in [3.63, 3.8) is 0 Å². The maximum Gasteiger partial charge on any atom is 0.329 e. The molecule has 11 heavy (non-hydrogen) atoms. The van der Waals surface area contributed by atoms with Gasteiger partial charge in [0.15, 0.2) is 0 Å². The molecule has 0 aliphatic carbocycles. The Hall–Kier alpha value is -1.14. The van der Waals surface area contributed by atoms with Crippen LogP contribution in [0.15, 0.2) is 11.7 Å². The second-order valence-corrected chi connectivity index (χ2v) is 2.77. The summed E-state index contributed by atoms with van der Waals surface area (Å²) in [7, 11) is 0. The van der Waals surface area contributed by atoms with Crippen LogP contribution in [-0.2, 0) is 6.54 Å². The largest absolute Gasteiger partial charge is 0.332 e. The molecule has 6 heteroatoms. The quantitative estimate of drug-likeness (QED) is 0.329. The molecule has 0 bridgehead atoms. The molecule has 0 spiro atoms. The predicted octanol–water partition coefficient (Wildman–Crippen LogP) is -0.184. The zero-order valence-corrected chi connectivity index (χ0v) is 6.52. The van der Waals surface area contributed by atoms with Gasteiger partial charge in [0.25, 0.3) is 0 Å². The van der Waals surface area contributed by atoms with E-state index in [4.69, 9.17) is 5.84 Å². The summed E-state index contributed by atoms with van der Waals surface area (Å²) < 4.78 is 0. The van der Waals surface area contributed by atoms with E-state index >= 15 is 0 Å². The molecule has 0 aliphatic heterocycles.